The lowest BCUT2D eigenvalue weighted by molar-refractivity contribution is -0.141. The van der Waals surface area contributed by atoms with Crippen molar-refractivity contribution in [3.05, 3.63) is 63.8 Å². The Morgan fingerprint density at radius 2 is 1.81 bits per heavy atom. The summed E-state index contributed by atoms with van der Waals surface area (Å²) in [6, 6.07) is 3.85. The summed E-state index contributed by atoms with van der Waals surface area (Å²) < 4.78 is 65.9. The molecule has 2 heterocycles. The van der Waals surface area contributed by atoms with Gasteiger partial charge in [0, 0.05) is 24.7 Å². The van der Waals surface area contributed by atoms with Crippen molar-refractivity contribution < 1.29 is 22.0 Å². The van der Waals surface area contributed by atoms with Gasteiger partial charge in [-0.25, -0.2) is 13.8 Å². The molecular weight excluding hydrogens is 369 g/mol. The first kappa shape index (κ1) is 19.5. The van der Waals surface area contributed by atoms with E-state index in [2.05, 4.69) is 4.98 Å². The van der Waals surface area contributed by atoms with Crippen LogP contribution in [0.5, 0.6) is 0 Å². The summed E-state index contributed by atoms with van der Waals surface area (Å²) >= 11 is 0. The molecule has 1 aromatic carbocycles. The normalized spacial score (nSPS) is 16.6. The number of alkyl halides is 3. The molecule has 0 unspecified atom stereocenters. The van der Waals surface area contributed by atoms with Gasteiger partial charge in [0.2, 0.25) is 0 Å². The van der Waals surface area contributed by atoms with E-state index in [1.54, 1.807) is 0 Å². The van der Waals surface area contributed by atoms with Gasteiger partial charge in [0.15, 0.2) is 5.69 Å². The van der Waals surface area contributed by atoms with Gasteiger partial charge < -0.3 is 0 Å². The zero-order valence-electron chi connectivity index (χ0n) is 14.3. The number of hydrogen-bond acceptors (Lipinski definition) is 3. The Morgan fingerprint density at radius 3 is 2.44 bits per heavy atom. The highest BCUT2D eigenvalue weighted by molar-refractivity contribution is 5.18. The van der Waals surface area contributed by atoms with E-state index in [1.165, 1.54) is 10.6 Å². The van der Waals surface area contributed by atoms with Crippen LogP contribution in [-0.2, 0) is 19.3 Å². The third kappa shape index (κ3) is 4.91. The van der Waals surface area contributed by atoms with Crippen LogP contribution in [0.15, 0.2) is 35.4 Å². The number of halogens is 5. The second-order valence-electron chi connectivity index (χ2n) is 6.72. The maximum absolute atomic E-state index is 13.7. The molecule has 0 amide bonds. The van der Waals surface area contributed by atoms with Gasteiger partial charge in [-0.3, -0.25) is 14.3 Å². The molecule has 0 radical (unpaired) electrons. The molecule has 0 atom stereocenters. The van der Waals surface area contributed by atoms with Crippen LogP contribution in [0.4, 0.5) is 22.0 Å². The van der Waals surface area contributed by atoms with Crippen molar-refractivity contribution in [2.24, 2.45) is 5.92 Å². The summed E-state index contributed by atoms with van der Waals surface area (Å²) in [6.45, 7) is 1.83. The van der Waals surface area contributed by atoms with Crippen LogP contribution >= 0.6 is 0 Å². The summed E-state index contributed by atoms with van der Waals surface area (Å²) in [6.07, 6.45) is -2.32. The molecule has 146 valence electrons. The fourth-order valence-corrected chi connectivity index (χ4v) is 3.23. The smallest absolute Gasteiger partial charge is 0.299 e. The number of rotatable bonds is 4. The molecule has 4 nitrogen and oxygen atoms in total. The highest BCUT2D eigenvalue weighted by Gasteiger charge is 2.33. The lowest BCUT2D eigenvalue weighted by atomic mass is 9.96. The van der Waals surface area contributed by atoms with E-state index in [0.717, 1.165) is 18.5 Å². The minimum absolute atomic E-state index is 0.106. The Kier molecular flexibility index (Phi) is 5.59. The standard InChI is InChI=1S/C18H18F5N3O/c19-14-1-2-15(20)13(7-14)10-25-5-3-12(4-6-25)9-26-11-24-16(8-17(26)27)18(21,22)23/h1-2,7-8,11-12H,3-6,9-10H2. The molecule has 1 saturated heterocycles. The van der Waals surface area contributed by atoms with Crippen molar-refractivity contribution in [3.8, 4) is 0 Å². The van der Waals surface area contributed by atoms with Crippen LogP contribution in [0, 0.1) is 17.6 Å². The van der Waals surface area contributed by atoms with Crippen LogP contribution in [0.25, 0.3) is 0 Å². The van der Waals surface area contributed by atoms with Gasteiger partial charge >= 0.3 is 6.18 Å². The Labute approximate surface area is 152 Å². The quantitative estimate of drug-likeness (QED) is 0.755. The van der Waals surface area contributed by atoms with E-state index >= 15 is 0 Å². The number of aromatic nitrogens is 2. The molecule has 27 heavy (non-hydrogen) atoms. The third-order valence-corrected chi connectivity index (χ3v) is 4.73. The number of nitrogens with zero attached hydrogens (tertiary/aromatic N) is 3. The highest BCUT2D eigenvalue weighted by atomic mass is 19.4. The first-order chi connectivity index (χ1) is 12.7. The van der Waals surface area contributed by atoms with Crippen molar-refractivity contribution >= 4 is 0 Å². The molecule has 1 fully saturated rings. The van der Waals surface area contributed by atoms with Gasteiger partial charge in [0.25, 0.3) is 5.56 Å². The molecule has 2 aromatic rings. The summed E-state index contributed by atoms with van der Waals surface area (Å²) in [7, 11) is 0. The van der Waals surface area contributed by atoms with Crippen molar-refractivity contribution in [1.29, 1.82) is 0 Å². The van der Waals surface area contributed by atoms with E-state index in [1.807, 2.05) is 4.90 Å². The summed E-state index contributed by atoms with van der Waals surface area (Å²) in [5.74, 6) is -0.841. The average Bonchev–Trinajstić information content (AvgIpc) is 2.60. The molecule has 9 heteroatoms. The maximum Gasteiger partial charge on any atom is 0.433 e. The van der Waals surface area contributed by atoms with E-state index in [4.69, 9.17) is 0 Å². The predicted molar refractivity (Wildman–Crippen MR) is 87.9 cm³/mol. The number of likely N-dealkylation sites (tertiary alicyclic amines) is 1. The van der Waals surface area contributed by atoms with Crippen LogP contribution in [0.1, 0.15) is 24.1 Å². The molecule has 1 aliphatic rings. The van der Waals surface area contributed by atoms with Crippen molar-refractivity contribution in [1.82, 2.24) is 14.5 Å². The fourth-order valence-electron chi connectivity index (χ4n) is 3.23. The first-order valence-electron chi connectivity index (χ1n) is 8.52. The van der Waals surface area contributed by atoms with Crippen molar-refractivity contribution in [3.63, 3.8) is 0 Å². The summed E-state index contributed by atoms with van der Waals surface area (Å²) in [4.78, 5) is 17.2. The van der Waals surface area contributed by atoms with E-state index in [-0.39, 0.29) is 24.6 Å². The Hall–Kier alpha value is -2.29. The van der Waals surface area contributed by atoms with Gasteiger partial charge in [-0.2, -0.15) is 13.2 Å². The Balaban J connectivity index is 1.57. The lowest BCUT2D eigenvalue weighted by Crippen LogP contribution is -2.36. The minimum atomic E-state index is -4.64. The van der Waals surface area contributed by atoms with E-state index in [9.17, 15) is 26.7 Å². The second-order valence-corrected chi connectivity index (χ2v) is 6.72. The average molecular weight is 387 g/mol. The maximum atomic E-state index is 13.7. The molecule has 1 aromatic heterocycles. The third-order valence-electron chi connectivity index (χ3n) is 4.73. The van der Waals surface area contributed by atoms with E-state index < -0.39 is 29.1 Å². The Bertz CT molecular complexity index is 857. The molecule has 3 rings (SSSR count). The largest absolute Gasteiger partial charge is 0.433 e. The van der Waals surface area contributed by atoms with Crippen molar-refractivity contribution in [2.75, 3.05) is 13.1 Å². The zero-order chi connectivity index (χ0) is 19.6. The van der Waals surface area contributed by atoms with Gasteiger partial charge in [0.05, 0.1) is 6.33 Å². The second kappa shape index (κ2) is 7.75. The summed E-state index contributed by atoms with van der Waals surface area (Å²) in [5.41, 5.74) is -1.64. The molecule has 0 N–H and O–H groups in total. The molecule has 0 bridgehead atoms. The monoisotopic (exact) mass is 387 g/mol. The molecule has 0 saturated carbocycles. The van der Waals surface area contributed by atoms with Crippen LogP contribution in [-0.4, -0.2) is 27.5 Å². The van der Waals surface area contributed by atoms with Gasteiger partial charge in [-0.15, -0.1) is 0 Å². The topological polar surface area (TPSA) is 38.1 Å². The predicted octanol–water partition coefficient (Wildman–Crippen LogP) is 3.45. The number of piperidine rings is 1. The van der Waals surface area contributed by atoms with Gasteiger partial charge in [-0.1, -0.05) is 0 Å². The number of benzene rings is 1. The number of hydrogen-bond donors (Lipinski definition) is 0. The Morgan fingerprint density at radius 1 is 1.11 bits per heavy atom. The lowest BCUT2D eigenvalue weighted by Gasteiger charge is -2.32. The van der Waals surface area contributed by atoms with Crippen LogP contribution < -0.4 is 5.56 Å². The van der Waals surface area contributed by atoms with Crippen molar-refractivity contribution in [2.45, 2.75) is 32.1 Å². The van der Waals surface area contributed by atoms with Crippen LogP contribution in [0.2, 0.25) is 0 Å². The molecule has 0 spiro atoms. The SMILES string of the molecule is O=c1cc(C(F)(F)F)ncn1CC1CCN(Cc2cc(F)ccc2F)CC1. The highest BCUT2D eigenvalue weighted by Crippen LogP contribution is 2.26. The molecule has 0 aliphatic carbocycles. The summed E-state index contributed by atoms with van der Waals surface area (Å²) in [5, 5.41) is 0. The zero-order valence-corrected chi connectivity index (χ0v) is 14.3. The molecule has 1 aliphatic heterocycles. The van der Waals surface area contributed by atoms with Gasteiger partial charge in [-0.05, 0) is 50.0 Å². The minimum Gasteiger partial charge on any atom is -0.299 e. The first-order valence-corrected chi connectivity index (χ1v) is 8.52. The molecular formula is C18H18F5N3O. The fraction of sp³-hybridized carbons (Fsp3) is 0.444. The van der Waals surface area contributed by atoms with Crippen LogP contribution in [0.3, 0.4) is 0 Å². The van der Waals surface area contributed by atoms with Gasteiger partial charge in [0.1, 0.15) is 11.6 Å². The van der Waals surface area contributed by atoms with E-state index in [0.29, 0.717) is 32.0 Å².